The van der Waals surface area contributed by atoms with Gasteiger partial charge in [0.05, 0.1) is 25.0 Å². The molecular formula is C20H18N4O3. The monoisotopic (exact) mass is 362 g/mol. The molecule has 0 N–H and O–H groups in total. The average Bonchev–Trinajstić information content (AvgIpc) is 3.22. The fraction of sp³-hybridized carbons (Fsp3) is 0.250. The van der Waals surface area contributed by atoms with Gasteiger partial charge in [0.15, 0.2) is 0 Å². The highest BCUT2D eigenvalue weighted by Crippen LogP contribution is 2.26. The minimum Gasteiger partial charge on any atom is -0.497 e. The maximum atomic E-state index is 12.9. The van der Waals surface area contributed by atoms with Gasteiger partial charge in [-0.3, -0.25) is 9.78 Å². The molecule has 7 nitrogen and oxygen atoms in total. The van der Waals surface area contributed by atoms with Crippen molar-refractivity contribution in [3.63, 3.8) is 0 Å². The maximum Gasteiger partial charge on any atom is 0.259 e. The summed E-state index contributed by atoms with van der Waals surface area (Å²) >= 11 is 0. The highest BCUT2D eigenvalue weighted by molar-refractivity contribution is 6.04. The number of aromatic nitrogens is 1. The number of rotatable bonds is 3. The normalized spacial score (nSPS) is 14.2. The Bertz CT molecular complexity index is 1030. The highest BCUT2D eigenvalue weighted by atomic mass is 16.5. The molecule has 0 atom stereocenters. The van der Waals surface area contributed by atoms with Crippen molar-refractivity contribution in [3.05, 3.63) is 54.0 Å². The van der Waals surface area contributed by atoms with E-state index in [1.807, 2.05) is 12.1 Å². The van der Waals surface area contributed by atoms with Crippen molar-refractivity contribution < 1.29 is 13.9 Å². The van der Waals surface area contributed by atoms with Crippen LogP contribution in [0.1, 0.15) is 15.9 Å². The number of ether oxygens (including phenoxy) is 1. The number of benzene rings is 1. The summed E-state index contributed by atoms with van der Waals surface area (Å²) < 4.78 is 10.7. The van der Waals surface area contributed by atoms with E-state index in [0.29, 0.717) is 48.6 Å². The lowest BCUT2D eigenvalue weighted by Gasteiger charge is -2.36. The molecule has 0 spiro atoms. The molecule has 0 radical (unpaired) electrons. The third-order valence-corrected chi connectivity index (χ3v) is 4.78. The number of hydrogen-bond donors (Lipinski definition) is 0. The first-order valence-electron chi connectivity index (χ1n) is 8.64. The quantitative estimate of drug-likeness (QED) is 0.712. The summed E-state index contributed by atoms with van der Waals surface area (Å²) in [6.45, 7) is 2.50. The molecule has 7 heteroatoms. The van der Waals surface area contributed by atoms with Crippen LogP contribution in [0.2, 0.25) is 0 Å². The van der Waals surface area contributed by atoms with Crippen LogP contribution in [0.15, 0.2) is 47.3 Å². The maximum absolute atomic E-state index is 12.9. The van der Waals surface area contributed by atoms with E-state index < -0.39 is 0 Å². The first-order valence-corrected chi connectivity index (χ1v) is 8.64. The predicted molar refractivity (Wildman–Crippen MR) is 99.8 cm³/mol. The van der Waals surface area contributed by atoms with Crippen LogP contribution >= 0.6 is 0 Å². The topological polar surface area (TPSA) is 82.6 Å². The van der Waals surface area contributed by atoms with Crippen molar-refractivity contribution >= 4 is 22.6 Å². The minimum atomic E-state index is -0.0777. The molecule has 0 unspecified atom stereocenters. The van der Waals surface area contributed by atoms with Gasteiger partial charge in [0.1, 0.15) is 16.9 Å². The van der Waals surface area contributed by atoms with E-state index in [2.05, 4.69) is 16.0 Å². The second-order valence-corrected chi connectivity index (χ2v) is 6.34. The Labute approximate surface area is 156 Å². The van der Waals surface area contributed by atoms with Crippen molar-refractivity contribution in [1.29, 1.82) is 5.26 Å². The zero-order valence-corrected chi connectivity index (χ0v) is 14.9. The molecule has 136 valence electrons. The lowest BCUT2D eigenvalue weighted by atomic mass is 10.1. The van der Waals surface area contributed by atoms with Crippen molar-refractivity contribution in [2.24, 2.45) is 0 Å². The average molecular weight is 362 g/mol. The Kier molecular flexibility index (Phi) is 4.38. The van der Waals surface area contributed by atoms with Gasteiger partial charge in [0, 0.05) is 55.7 Å². The molecule has 1 fully saturated rings. The molecule has 0 bridgehead atoms. The smallest absolute Gasteiger partial charge is 0.259 e. The first-order chi connectivity index (χ1) is 13.2. The highest BCUT2D eigenvalue weighted by Gasteiger charge is 2.25. The molecule has 0 saturated carbocycles. The van der Waals surface area contributed by atoms with Gasteiger partial charge in [-0.1, -0.05) is 0 Å². The summed E-state index contributed by atoms with van der Waals surface area (Å²) in [6, 6.07) is 9.41. The van der Waals surface area contributed by atoms with E-state index >= 15 is 0 Å². The second kappa shape index (κ2) is 7.00. The van der Waals surface area contributed by atoms with Crippen molar-refractivity contribution in [2.75, 3.05) is 38.2 Å². The SMILES string of the molecule is COc1cc(C#N)cc(N2CCN(C(=O)c3cncc4ccoc34)CC2)c1. The van der Waals surface area contributed by atoms with Gasteiger partial charge in [-0.2, -0.15) is 5.26 Å². The number of nitrogens with zero attached hydrogens (tertiary/aromatic N) is 4. The molecule has 0 aliphatic carbocycles. The lowest BCUT2D eigenvalue weighted by Crippen LogP contribution is -2.48. The van der Waals surface area contributed by atoms with Gasteiger partial charge < -0.3 is 19.0 Å². The van der Waals surface area contributed by atoms with Crippen LogP contribution in [0.3, 0.4) is 0 Å². The summed E-state index contributed by atoms with van der Waals surface area (Å²) in [5, 5.41) is 10.0. The van der Waals surface area contributed by atoms with Crippen LogP contribution in [0.5, 0.6) is 5.75 Å². The van der Waals surface area contributed by atoms with Crippen molar-refractivity contribution in [1.82, 2.24) is 9.88 Å². The van der Waals surface area contributed by atoms with Crippen LogP contribution in [0.4, 0.5) is 5.69 Å². The zero-order valence-electron chi connectivity index (χ0n) is 14.9. The number of carbonyl (C=O) groups excluding carboxylic acids is 1. The zero-order chi connectivity index (χ0) is 18.8. The number of nitriles is 1. The van der Waals surface area contributed by atoms with E-state index in [9.17, 15) is 10.1 Å². The number of hydrogen-bond acceptors (Lipinski definition) is 6. The lowest BCUT2D eigenvalue weighted by molar-refractivity contribution is 0.0747. The minimum absolute atomic E-state index is 0.0777. The molecular weight excluding hydrogens is 344 g/mol. The number of pyridine rings is 1. The van der Waals surface area contributed by atoms with Gasteiger partial charge in [0.25, 0.3) is 5.91 Å². The number of amides is 1. The van der Waals surface area contributed by atoms with E-state index in [1.54, 1.807) is 42.8 Å². The van der Waals surface area contributed by atoms with Gasteiger partial charge >= 0.3 is 0 Å². The molecule has 1 aliphatic heterocycles. The Morgan fingerprint density at radius 2 is 2.04 bits per heavy atom. The molecule has 4 rings (SSSR count). The van der Waals surface area contributed by atoms with Crippen LogP contribution in [-0.2, 0) is 0 Å². The fourth-order valence-corrected chi connectivity index (χ4v) is 3.33. The van der Waals surface area contributed by atoms with Gasteiger partial charge in [0.2, 0.25) is 0 Å². The number of anilines is 1. The van der Waals surface area contributed by atoms with E-state index in [-0.39, 0.29) is 5.91 Å². The van der Waals surface area contributed by atoms with Gasteiger partial charge in [-0.15, -0.1) is 0 Å². The third-order valence-electron chi connectivity index (χ3n) is 4.78. The Hall–Kier alpha value is -3.53. The molecule has 2 aromatic heterocycles. The summed E-state index contributed by atoms with van der Waals surface area (Å²) in [5.74, 6) is 0.573. The summed E-state index contributed by atoms with van der Waals surface area (Å²) in [7, 11) is 1.58. The molecule has 1 aliphatic rings. The Morgan fingerprint density at radius 1 is 1.22 bits per heavy atom. The molecule has 1 aromatic carbocycles. The number of piperazine rings is 1. The number of furan rings is 1. The largest absolute Gasteiger partial charge is 0.497 e. The molecule has 3 heterocycles. The molecule has 1 amide bonds. The third kappa shape index (κ3) is 3.17. The van der Waals surface area contributed by atoms with Crippen LogP contribution in [0, 0.1) is 11.3 Å². The molecule has 1 saturated heterocycles. The van der Waals surface area contributed by atoms with Crippen LogP contribution in [-0.4, -0.2) is 49.1 Å². The Morgan fingerprint density at radius 3 is 2.78 bits per heavy atom. The first kappa shape index (κ1) is 16.9. The number of carbonyl (C=O) groups is 1. The van der Waals surface area contributed by atoms with Crippen molar-refractivity contribution in [2.45, 2.75) is 0 Å². The molecule has 27 heavy (non-hydrogen) atoms. The van der Waals surface area contributed by atoms with E-state index in [0.717, 1.165) is 11.1 Å². The molecule has 3 aromatic rings. The van der Waals surface area contributed by atoms with E-state index in [1.165, 1.54) is 0 Å². The van der Waals surface area contributed by atoms with E-state index in [4.69, 9.17) is 9.15 Å². The summed E-state index contributed by atoms with van der Waals surface area (Å²) in [4.78, 5) is 21.0. The van der Waals surface area contributed by atoms with Gasteiger partial charge in [-0.05, 0) is 18.2 Å². The van der Waals surface area contributed by atoms with Crippen LogP contribution < -0.4 is 9.64 Å². The number of fused-ring (bicyclic) bond motifs is 1. The predicted octanol–water partition coefficient (Wildman–Crippen LogP) is 2.67. The Balaban J connectivity index is 1.50. The standard InChI is InChI=1S/C20H18N4O3/c1-26-17-9-14(11-21)8-16(10-17)23-3-5-24(6-4-23)20(25)18-13-22-12-15-2-7-27-19(15)18/h2,7-10,12-13H,3-6H2,1H3. The van der Waals surface area contributed by atoms with Crippen molar-refractivity contribution in [3.8, 4) is 11.8 Å². The second-order valence-electron chi connectivity index (χ2n) is 6.34. The fourth-order valence-electron chi connectivity index (χ4n) is 3.33. The summed E-state index contributed by atoms with van der Waals surface area (Å²) in [6.07, 6.45) is 4.81. The van der Waals surface area contributed by atoms with Gasteiger partial charge in [-0.25, -0.2) is 0 Å². The van der Waals surface area contributed by atoms with Crippen LogP contribution in [0.25, 0.3) is 11.0 Å². The number of methoxy groups -OCH3 is 1. The summed E-state index contributed by atoms with van der Waals surface area (Å²) in [5.41, 5.74) is 2.54.